The molecule has 4 aromatic heterocycles. The van der Waals surface area contributed by atoms with Crippen LogP contribution in [0.1, 0.15) is 0 Å². The van der Waals surface area contributed by atoms with Gasteiger partial charge >= 0.3 is 0 Å². The molecule has 10 aromatic rings. The molecule has 0 N–H and O–H groups in total. The summed E-state index contributed by atoms with van der Waals surface area (Å²) < 4.78 is 11.6. The second kappa shape index (κ2) is 9.60. The van der Waals surface area contributed by atoms with E-state index in [4.69, 9.17) is 9.40 Å². The number of thiophene rings is 2. The Morgan fingerprint density at radius 3 is 1.53 bits per heavy atom. The molecule has 0 unspecified atom stereocenters. The molecule has 0 bridgehead atoms. The van der Waals surface area contributed by atoms with E-state index in [1.165, 1.54) is 40.3 Å². The summed E-state index contributed by atoms with van der Waals surface area (Å²) in [4.78, 5) is 5.45. The second-order valence-electron chi connectivity index (χ2n) is 11.5. The second-order valence-corrected chi connectivity index (χ2v) is 13.6. The summed E-state index contributed by atoms with van der Waals surface area (Å²) in [6.45, 7) is 0. The SMILES string of the molecule is c1ccc2c(c1)oc1c(-c3cc(-c4cccc5c4sc4ccccc45)nc(-c4cccc5c4sc4ccccc45)c3)cccc12. The van der Waals surface area contributed by atoms with Crippen LogP contribution in [-0.2, 0) is 0 Å². The number of rotatable bonds is 3. The fourth-order valence-corrected chi connectivity index (χ4v) is 9.28. The summed E-state index contributed by atoms with van der Waals surface area (Å²) in [7, 11) is 0. The lowest BCUT2D eigenvalue weighted by atomic mass is 9.97. The van der Waals surface area contributed by atoms with E-state index in [-0.39, 0.29) is 0 Å². The first-order chi connectivity index (χ1) is 22.3. The summed E-state index contributed by atoms with van der Waals surface area (Å²) in [6, 6.07) is 49.8. The molecular formula is C41H23NOS2. The van der Waals surface area contributed by atoms with Gasteiger partial charge in [0.15, 0.2) is 0 Å². The molecule has 0 amide bonds. The van der Waals surface area contributed by atoms with Crippen LogP contribution in [0.15, 0.2) is 144 Å². The normalized spacial score (nSPS) is 12.0. The summed E-state index contributed by atoms with van der Waals surface area (Å²) in [6.07, 6.45) is 0. The van der Waals surface area contributed by atoms with Crippen LogP contribution >= 0.6 is 22.7 Å². The van der Waals surface area contributed by atoms with Crippen LogP contribution < -0.4 is 0 Å². The largest absolute Gasteiger partial charge is 0.455 e. The van der Waals surface area contributed by atoms with Crippen LogP contribution in [0.25, 0.3) is 95.9 Å². The fraction of sp³-hybridized carbons (Fsp3) is 0. The Bertz CT molecular complexity index is 2460. The summed E-state index contributed by atoms with van der Waals surface area (Å²) >= 11 is 3.68. The molecule has 0 fully saturated rings. The van der Waals surface area contributed by atoms with E-state index in [0.29, 0.717) is 0 Å². The number of hydrogen-bond donors (Lipinski definition) is 0. The van der Waals surface area contributed by atoms with Crippen molar-refractivity contribution in [3.63, 3.8) is 0 Å². The van der Waals surface area contributed by atoms with Gasteiger partial charge < -0.3 is 4.42 Å². The van der Waals surface area contributed by atoms with Crippen LogP contribution in [0.3, 0.4) is 0 Å². The van der Waals surface area contributed by atoms with Gasteiger partial charge in [0.05, 0.1) is 11.4 Å². The number of aromatic nitrogens is 1. The molecule has 210 valence electrons. The minimum absolute atomic E-state index is 0.902. The van der Waals surface area contributed by atoms with Crippen LogP contribution in [0.4, 0.5) is 0 Å². The highest BCUT2D eigenvalue weighted by Gasteiger charge is 2.19. The number of benzene rings is 6. The number of furan rings is 1. The van der Waals surface area contributed by atoms with E-state index < -0.39 is 0 Å². The van der Waals surface area contributed by atoms with Gasteiger partial charge in [0.25, 0.3) is 0 Å². The van der Waals surface area contributed by atoms with E-state index >= 15 is 0 Å². The fourth-order valence-electron chi connectivity index (χ4n) is 6.83. The highest BCUT2D eigenvalue weighted by Crippen LogP contribution is 2.44. The zero-order valence-corrected chi connectivity index (χ0v) is 25.6. The molecule has 4 heteroatoms. The number of pyridine rings is 1. The maximum atomic E-state index is 6.53. The van der Waals surface area contributed by atoms with Gasteiger partial charge in [-0.15, -0.1) is 22.7 Å². The van der Waals surface area contributed by atoms with E-state index in [1.54, 1.807) is 0 Å². The van der Waals surface area contributed by atoms with Crippen molar-refractivity contribution in [3.8, 4) is 33.6 Å². The monoisotopic (exact) mass is 609 g/mol. The Morgan fingerprint density at radius 1 is 0.422 bits per heavy atom. The number of nitrogens with zero attached hydrogens (tertiary/aromatic N) is 1. The molecule has 6 aromatic carbocycles. The summed E-state index contributed by atoms with van der Waals surface area (Å²) in [5, 5.41) is 7.38. The lowest BCUT2D eigenvalue weighted by molar-refractivity contribution is 0.670. The first kappa shape index (κ1) is 25.1. The predicted octanol–water partition coefficient (Wildman–Crippen LogP) is 12.7. The quantitative estimate of drug-likeness (QED) is 0.199. The first-order valence-electron chi connectivity index (χ1n) is 15.0. The molecule has 0 saturated carbocycles. The third-order valence-electron chi connectivity index (χ3n) is 8.90. The van der Waals surface area contributed by atoms with Crippen molar-refractivity contribution >= 4 is 85.0 Å². The molecule has 0 radical (unpaired) electrons. The zero-order chi connectivity index (χ0) is 29.5. The summed E-state index contributed by atoms with van der Waals surface area (Å²) in [5.41, 5.74) is 8.20. The van der Waals surface area contributed by atoms with Crippen molar-refractivity contribution in [2.75, 3.05) is 0 Å². The molecule has 0 spiro atoms. The molecular weight excluding hydrogens is 587 g/mol. The third kappa shape index (κ3) is 3.77. The van der Waals surface area contributed by atoms with Gasteiger partial charge in [-0.3, -0.25) is 0 Å². The standard InChI is InChI=1S/C41H23NOS2/c1-4-19-36-26(10-1)29-14-7-13-25(39(29)43-36)24-22-34(32-17-8-15-30-27-11-2-5-20-37(27)44-40(30)32)42-35(23-24)33-18-9-16-31-28-12-3-6-21-38(28)45-41(31)33/h1-23H. The Morgan fingerprint density at radius 2 is 0.911 bits per heavy atom. The van der Waals surface area contributed by atoms with E-state index in [0.717, 1.165) is 55.6 Å². The van der Waals surface area contributed by atoms with Gasteiger partial charge in [0.1, 0.15) is 11.2 Å². The van der Waals surface area contributed by atoms with E-state index in [2.05, 4.69) is 127 Å². The topological polar surface area (TPSA) is 26.0 Å². The highest BCUT2D eigenvalue weighted by atomic mass is 32.1. The Labute approximate surface area is 266 Å². The maximum absolute atomic E-state index is 6.53. The highest BCUT2D eigenvalue weighted by molar-refractivity contribution is 7.26. The smallest absolute Gasteiger partial charge is 0.143 e. The van der Waals surface area contributed by atoms with E-state index in [9.17, 15) is 0 Å². The van der Waals surface area contributed by atoms with Crippen molar-refractivity contribution in [2.45, 2.75) is 0 Å². The van der Waals surface area contributed by atoms with Crippen LogP contribution in [0.2, 0.25) is 0 Å². The van der Waals surface area contributed by atoms with Crippen LogP contribution in [0, 0.1) is 0 Å². The van der Waals surface area contributed by atoms with Crippen molar-refractivity contribution in [1.82, 2.24) is 4.98 Å². The molecule has 0 saturated heterocycles. The minimum atomic E-state index is 0.902. The lowest BCUT2D eigenvalue weighted by Gasteiger charge is -2.12. The average Bonchev–Trinajstić information content (AvgIpc) is 3.79. The number of fused-ring (bicyclic) bond motifs is 9. The lowest BCUT2D eigenvalue weighted by Crippen LogP contribution is -1.92. The molecule has 4 heterocycles. The van der Waals surface area contributed by atoms with Crippen molar-refractivity contribution in [3.05, 3.63) is 140 Å². The number of hydrogen-bond acceptors (Lipinski definition) is 4. The van der Waals surface area contributed by atoms with Crippen LogP contribution in [-0.4, -0.2) is 4.98 Å². The van der Waals surface area contributed by atoms with Crippen molar-refractivity contribution in [1.29, 1.82) is 0 Å². The third-order valence-corrected chi connectivity index (χ3v) is 11.3. The Balaban J connectivity index is 1.29. The molecule has 2 nitrogen and oxygen atoms in total. The molecule has 0 aliphatic carbocycles. The van der Waals surface area contributed by atoms with Gasteiger partial charge in [-0.1, -0.05) is 109 Å². The van der Waals surface area contributed by atoms with Crippen LogP contribution in [0.5, 0.6) is 0 Å². The molecule has 0 aliphatic heterocycles. The van der Waals surface area contributed by atoms with Gasteiger partial charge in [-0.25, -0.2) is 4.98 Å². The van der Waals surface area contributed by atoms with Gasteiger partial charge in [-0.05, 0) is 35.9 Å². The molecule has 0 aliphatic rings. The van der Waals surface area contributed by atoms with Gasteiger partial charge in [-0.2, -0.15) is 0 Å². The van der Waals surface area contributed by atoms with Gasteiger partial charge in [0, 0.05) is 67.8 Å². The zero-order valence-electron chi connectivity index (χ0n) is 24.0. The molecule has 10 rings (SSSR count). The van der Waals surface area contributed by atoms with Gasteiger partial charge in [0.2, 0.25) is 0 Å². The minimum Gasteiger partial charge on any atom is -0.455 e. The Hall–Kier alpha value is -5.29. The Kier molecular flexibility index (Phi) is 5.35. The van der Waals surface area contributed by atoms with Crippen molar-refractivity contribution < 1.29 is 4.42 Å². The summed E-state index contributed by atoms with van der Waals surface area (Å²) in [5.74, 6) is 0. The predicted molar refractivity (Wildman–Crippen MR) is 194 cm³/mol. The maximum Gasteiger partial charge on any atom is 0.143 e. The molecule has 45 heavy (non-hydrogen) atoms. The number of para-hydroxylation sites is 2. The average molecular weight is 610 g/mol. The molecule has 0 atom stereocenters. The van der Waals surface area contributed by atoms with E-state index in [1.807, 2.05) is 34.8 Å². The first-order valence-corrected chi connectivity index (χ1v) is 16.7. The van der Waals surface area contributed by atoms with Crippen molar-refractivity contribution in [2.24, 2.45) is 0 Å².